The number of amides is 1. The molecule has 0 radical (unpaired) electrons. The number of thiazole rings is 1. The summed E-state index contributed by atoms with van der Waals surface area (Å²) in [4.78, 5) is 17.0. The van der Waals surface area contributed by atoms with Gasteiger partial charge in [0.2, 0.25) is 0 Å². The quantitative estimate of drug-likeness (QED) is 0.868. The number of rotatable bonds is 4. The van der Waals surface area contributed by atoms with Crippen molar-refractivity contribution in [3.63, 3.8) is 0 Å². The van der Waals surface area contributed by atoms with E-state index in [-0.39, 0.29) is 5.91 Å². The van der Waals surface area contributed by atoms with Crippen LogP contribution in [0.15, 0.2) is 29.3 Å². The van der Waals surface area contributed by atoms with Crippen LogP contribution in [0.2, 0.25) is 0 Å². The Balaban J connectivity index is 1.81. The number of aromatic nitrogens is 1. The zero-order valence-electron chi connectivity index (χ0n) is 11.7. The maximum atomic E-state index is 12.1. The van der Waals surface area contributed by atoms with Crippen molar-refractivity contribution in [1.29, 1.82) is 0 Å². The van der Waals surface area contributed by atoms with E-state index >= 15 is 0 Å². The molecule has 3 rings (SSSR count). The Morgan fingerprint density at radius 1 is 1.50 bits per heavy atom. The number of aryl methyl sites for hydroxylation is 1. The van der Waals surface area contributed by atoms with E-state index in [2.05, 4.69) is 4.99 Å². The Morgan fingerprint density at radius 2 is 2.25 bits per heavy atom. The van der Waals surface area contributed by atoms with Gasteiger partial charge in [-0.2, -0.15) is 4.99 Å². The summed E-state index contributed by atoms with van der Waals surface area (Å²) in [6, 6.07) is 8.05. The summed E-state index contributed by atoms with van der Waals surface area (Å²) in [6.07, 6.45) is 1.99. The molecule has 1 atom stereocenters. The first kappa shape index (κ1) is 13.5. The number of nitrogens with zero attached hydrogens (tertiary/aromatic N) is 2. The molecule has 1 fully saturated rings. The van der Waals surface area contributed by atoms with E-state index in [9.17, 15) is 4.79 Å². The minimum atomic E-state index is -0.458. The Labute approximate surface area is 121 Å². The van der Waals surface area contributed by atoms with Crippen molar-refractivity contribution >= 4 is 27.5 Å². The van der Waals surface area contributed by atoms with E-state index in [1.54, 1.807) is 6.92 Å². The van der Waals surface area contributed by atoms with E-state index in [1.165, 1.54) is 24.2 Å². The van der Waals surface area contributed by atoms with Crippen molar-refractivity contribution in [3.8, 4) is 0 Å². The molecule has 0 bridgehead atoms. The van der Waals surface area contributed by atoms with E-state index in [0.29, 0.717) is 12.5 Å². The van der Waals surface area contributed by atoms with E-state index < -0.39 is 6.10 Å². The highest BCUT2D eigenvalue weighted by molar-refractivity contribution is 7.16. The Kier molecular flexibility index (Phi) is 3.72. The first-order valence-corrected chi connectivity index (χ1v) is 7.71. The van der Waals surface area contributed by atoms with Crippen LogP contribution in [0.1, 0.15) is 19.8 Å². The molecule has 0 saturated heterocycles. The molecule has 0 spiro atoms. The van der Waals surface area contributed by atoms with Crippen molar-refractivity contribution in [3.05, 3.63) is 29.1 Å². The zero-order valence-corrected chi connectivity index (χ0v) is 12.5. The average Bonchev–Trinajstić information content (AvgIpc) is 3.23. The summed E-state index contributed by atoms with van der Waals surface area (Å²) in [5.41, 5.74) is 1.09. The summed E-state index contributed by atoms with van der Waals surface area (Å²) in [6.45, 7) is 2.46. The van der Waals surface area contributed by atoms with Crippen LogP contribution in [-0.2, 0) is 16.6 Å². The van der Waals surface area contributed by atoms with Gasteiger partial charge in [0.05, 0.1) is 16.8 Å². The van der Waals surface area contributed by atoms with Crippen molar-refractivity contribution in [2.24, 2.45) is 18.0 Å². The van der Waals surface area contributed by atoms with E-state index in [1.807, 2.05) is 35.9 Å². The van der Waals surface area contributed by atoms with Gasteiger partial charge in [0.15, 0.2) is 4.80 Å². The van der Waals surface area contributed by atoms with Gasteiger partial charge in [-0.15, -0.1) is 0 Å². The van der Waals surface area contributed by atoms with Crippen LogP contribution in [0.4, 0.5) is 0 Å². The van der Waals surface area contributed by atoms with Gasteiger partial charge in [0.1, 0.15) is 6.10 Å². The number of ether oxygens (including phenoxy) is 1. The number of benzene rings is 1. The molecule has 1 aliphatic rings. The second kappa shape index (κ2) is 5.50. The number of carbonyl (C=O) groups is 1. The monoisotopic (exact) mass is 290 g/mol. The van der Waals surface area contributed by atoms with Crippen LogP contribution in [0.3, 0.4) is 0 Å². The lowest BCUT2D eigenvalue weighted by atomic mass is 10.3. The molecule has 2 aromatic rings. The fourth-order valence-electron chi connectivity index (χ4n) is 2.01. The maximum absolute atomic E-state index is 12.1. The van der Waals surface area contributed by atoms with Crippen LogP contribution in [0.5, 0.6) is 0 Å². The molecule has 20 heavy (non-hydrogen) atoms. The van der Waals surface area contributed by atoms with Crippen LogP contribution < -0.4 is 4.80 Å². The number of fused-ring (bicyclic) bond motifs is 1. The van der Waals surface area contributed by atoms with Crippen molar-refractivity contribution in [1.82, 2.24) is 4.57 Å². The summed E-state index contributed by atoms with van der Waals surface area (Å²) >= 11 is 1.53. The van der Waals surface area contributed by atoms with Gasteiger partial charge in [0.25, 0.3) is 5.91 Å². The second-order valence-electron chi connectivity index (χ2n) is 5.28. The number of hydrogen-bond acceptors (Lipinski definition) is 3. The number of carbonyl (C=O) groups excluding carboxylic acids is 1. The number of para-hydroxylation sites is 1. The van der Waals surface area contributed by atoms with Crippen molar-refractivity contribution < 1.29 is 9.53 Å². The highest BCUT2D eigenvalue weighted by Gasteiger charge is 2.24. The third-order valence-corrected chi connectivity index (χ3v) is 4.66. The highest BCUT2D eigenvalue weighted by atomic mass is 32.1. The average molecular weight is 290 g/mol. The number of hydrogen-bond donors (Lipinski definition) is 0. The van der Waals surface area contributed by atoms with Gasteiger partial charge in [-0.05, 0) is 37.8 Å². The summed E-state index contributed by atoms with van der Waals surface area (Å²) in [7, 11) is 1.93. The molecule has 1 aromatic heterocycles. The molecular formula is C15H18N2O2S. The minimum absolute atomic E-state index is 0.201. The Bertz CT molecular complexity index is 697. The topological polar surface area (TPSA) is 43.6 Å². The SMILES string of the molecule is CC(OCC1CC1)C(=O)N=c1sc2ccccc2n1C. The van der Waals surface area contributed by atoms with E-state index in [0.717, 1.165) is 15.0 Å². The lowest BCUT2D eigenvalue weighted by molar-refractivity contribution is -0.128. The third kappa shape index (κ3) is 2.83. The lowest BCUT2D eigenvalue weighted by Crippen LogP contribution is -2.23. The molecule has 0 N–H and O–H groups in total. The summed E-state index contributed by atoms with van der Waals surface area (Å²) in [5, 5.41) is 0. The van der Waals surface area contributed by atoms with Gasteiger partial charge in [-0.25, -0.2) is 0 Å². The second-order valence-corrected chi connectivity index (χ2v) is 6.29. The summed E-state index contributed by atoms with van der Waals surface area (Å²) in [5.74, 6) is 0.457. The highest BCUT2D eigenvalue weighted by Crippen LogP contribution is 2.29. The molecule has 1 aliphatic carbocycles. The largest absolute Gasteiger partial charge is 0.368 e. The van der Waals surface area contributed by atoms with E-state index in [4.69, 9.17) is 4.74 Å². The maximum Gasteiger partial charge on any atom is 0.277 e. The molecule has 1 unspecified atom stereocenters. The smallest absolute Gasteiger partial charge is 0.277 e. The van der Waals surface area contributed by atoms with Crippen molar-refractivity contribution in [2.45, 2.75) is 25.9 Å². The van der Waals surface area contributed by atoms with Gasteiger partial charge in [0, 0.05) is 7.05 Å². The van der Waals surface area contributed by atoms with Crippen LogP contribution >= 0.6 is 11.3 Å². The fraction of sp³-hybridized carbons (Fsp3) is 0.467. The molecule has 106 valence electrons. The standard InChI is InChI=1S/C15H18N2O2S/c1-10(19-9-11-7-8-11)14(18)16-15-17(2)12-5-3-4-6-13(12)20-15/h3-6,10-11H,7-9H2,1-2H3. The third-order valence-electron chi connectivity index (χ3n) is 3.55. The zero-order chi connectivity index (χ0) is 14.1. The molecule has 5 heteroatoms. The molecule has 0 aliphatic heterocycles. The van der Waals surface area contributed by atoms with Gasteiger partial charge in [-0.1, -0.05) is 23.5 Å². The van der Waals surface area contributed by atoms with Crippen molar-refractivity contribution in [2.75, 3.05) is 6.61 Å². The predicted molar refractivity (Wildman–Crippen MR) is 79.5 cm³/mol. The minimum Gasteiger partial charge on any atom is -0.368 e. The molecular weight excluding hydrogens is 272 g/mol. The molecule has 1 aromatic carbocycles. The molecule has 1 amide bonds. The van der Waals surface area contributed by atoms with Gasteiger partial charge >= 0.3 is 0 Å². The summed E-state index contributed by atoms with van der Waals surface area (Å²) < 4.78 is 8.65. The first-order valence-electron chi connectivity index (χ1n) is 6.90. The normalized spacial score (nSPS) is 17.6. The Morgan fingerprint density at radius 3 is 2.95 bits per heavy atom. The van der Waals surface area contributed by atoms with Gasteiger partial charge in [-0.3, -0.25) is 4.79 Å². The Hall–Kier alpha value is -1.46. The van der Waals surface area contributed by atoms with Crippen LogP contribution in [-0.4, -0.2) is 23.2 Å². The molecule has 4 nitrogen and oxygen atoms in total. The first-order chi connectivity index (χ1) is 9.65. The predicted octanol–water partition coefficient (Wildman–Crippen LogP) is 2.48. The fourth-order valence-corrected chi connectivity index (χ4v) is 3.03. The van der Waals surface area contributed by atoms with Crippen LogP contribution in [0.25, 0.3) is 10.2 Å². The van der Waals surface area contributed by atoms with Crippen LogP contribution in [0, 0.1) is 5.92 Å². The molecule has 1 heterocycles. The van der Waals surface area contributed by atoms with Gasteiger partial charge < -0.3 is 9.30 Å². The lowest BCUT2D eigenvalue weighted by Gasteiger charge is -2.07. The molecule has 1 saturated carbocycles.